The molecule has 0 unspecified atom stereocenters. The summed E-state index contributed by atoms with van der Waals surface area (Å²) in [5.74, 6) is -0.134. The highest BCUT2D eigenvalue weighted by Gasteiger charge is 2.37. The number of benzene rings is 2. The van der Waals surface area contributed by atoms with Gasteiger partial charge in [0.25, 0.3) is 0 Å². The Hall–Kier alpha value is -2.38. The van der Waals surface area contributed by atoms with Crippen LogP contribution in [0.25, 0.3) is 0 Å². The topological polar surface area (TPSA) is 83.6 Å². The first kappa shape index (κ1) is 21.8. The summed E-state index contributed by atoms with van der Waals surface area (Å²) in [4.78, 5) is 26.8. The summed E-state index contributed by atoms with van der Waals surface area (Å²) in [6.45, 7) is 3.98. The minimum absolute atomic E-state index is 0.122. The van der Waals surface area contributed by atoms with E-state index in [0.29, 0.717) is 23.7 Å². The normalized spacial score (nSPS) is 16.7. The molecule has 1 atom stereocenters. The van der Waals surface area contributed by atoms with Gasteiger partial charge in [0.15, 0.2) is 9.84 Å². The summed E-state index contributed by atoms with van der Waals surface area (Å²) < 4.78 is 26.1. The van der Waals surface area contributed by atoms with Crippen LogP contribution in [0, 0.1) is 12.8 Å². The van der Waals surface area contributed by atoms with Crippen molar-refractivity contribution in [1.82, 2.24) is 0 Å². The van der Waals surface area contributed by atoms with Crippen LogP contribution in [0.4, 0.5) is 11.4 Å². The molecule has 1 aliphatic carbocycles. The highest BCUT2D eigenvalue weighted by Crippen LogP contribution is 2.37. The molecule has 0 aromatic heterocycles. The second kappa shape index (κ2) is 8.28. The number of amides is 2. The molecule has 31 heavy (non-hydrogen) atoms. The molecule has 6 nitrogen and oxygen atoms in total. The maximum Gasteiger partial charge on any atom is 0.230 e. The average molecular weight is 461 g/mol. The van der Waals surface area contributed by atoms with Crippen LogP contribution in [0.2, 0.25) is 5.02 Å². The van der Waals surface area contributed by atoms with Crippen LogP contribution in [0.3, 0.4) is 0 Å². The Morgan fingerprint density at radius 1 is 1.19 bits per heavy atom. The van der Waals surface area contributed by atoms with Gasteiger partial charge in [-0.25, -0.2) is 8.42 Å². The number of carbonyl (C=O) groups is 2. The molecule has 1 N–H and O–H groups in total. The van der Waals surface area contributed by atoms with Gasteiger partial charge in [0.2, 0.25) is 11.8 Å². The van der Waals surface area contributed by atoms with Crippen molar-refractivity contribution < 1.29 is 18.0 Å². The number of nitrogens with one attached hydrogen (secondary N) is 1. The number of aryl methyl sites for hydroxylation is 1. The maximum absolute atomic E-state index is 13.1. The van der Waals surface area contributed by atoms with Crippen molar-refractivity contribution in [2.45, 2.75) is 49.7 Å². The van der Waals surface area contributed by atoms with Gasteiger partial charge in [0.1, 0.15) is 0 Å². The van der Waals surface area contributed by atoms with Gasteiger partial charge in [-0.1, -0.05) is 17.7 Å². The van der Waals surface area contributed by atoms with Crippen LogP contribution >= 0.6 is 11.6 Å². The minimum atomic E-state index is -3.69. The fourth-order valence-electron chi connectivity index (χ4n) is 3.82. The lowest BCUT2D eigenvalue weighted by molar-refractivity contribution is -0.119. The summed E-state index contributed by atoms with van der Waals surface area (Å²) in [6, 6.07) is 10.1. The zero-order valence-corrected chi connectivity index (χ0v) is 19.1. The highest BCUT2D eigenvalue weighted by molar-refractivity contribution is 7.92. The second-order valence-electron chi connectivity index (χ2n) is 8.38. The first-order chi connectivity index (χ1) is 14.7. The first-order valence-electron chi connectivity index (χ1n) is 10.4. The van der Waals surface area contributed by atoms with Crippen LogP contribution in [-0.4, -0.2) is 32.0 Å². The molecule has 0 saturated heterocycles. The lowest BCUT2D eigenvalue weighted by atomic mass is 10.2. The third kappa shape index (κ3) is 4.48. The molecule has 8 heteroatoms. The second-order valence-corrected chi connectivity index (χ2v) is 11.1. The number of halogens is 1. The smallest absolute Gasteiger partial charge is 0.230 e. The Morgan fingerprint density at radius 2 is 1.94 bits per heavy atom. The number of hydrogen-bond donors (Lipinski definition) is 1. The van der Waals surface area contributed by atoms with E-state index in [9.17, 15) is 18.0 Å². The molecule has 1 fully saturated rings. The Kier molecular flexibility index (Phi) is 5.83. The van der Waals surface area contributed by atoms with Gasteiger partial charge in [0.05, 0.1) is 10.1 Å². The largest absolute Gasteiger partial charge is 0.326 e. The van der Waals surface area contributed by atoms with Crippen molar-refractivity contribution in [2.75, 3.05) is 16.8 Å². The van der Waals surface area contributed by atoms with E-state index in [1.165, 1.54) is 6.92 Å². The van der Waals surface area contributed by atoms with Gasteiger partial charge in [-0.15, -0.1) is 0 Å². The van der Waals surface area contributed by atoms with Gasteiger partial charge < -0.3 is 10.2 Å². The molecular weight excluding hydrogens is 436 g/mol. The van der Waals surface area contributed by atoms with Crippen molar-refractivity contribution in [2.24, 2.45) is 5.92 Å². The van der Waals surface area contributed by atoms with Crippen molar-refractivity contribution in [3.63, 3.8) is 0 Å². The lowest BCUT2D eigenvalue weighted by Gasteiger charge is -2.18. The SMILES string of the molecule is Cc1ccc(NC(=O)C[C@H](C)S(=O)(=O)c2ccc3c(c2)CCN3C(=O)C2CC2)cc1Cl. The van der Waals surface area contributed by atoms with E-state index in [0.717, 1.165) is 29.7 Å². The summed E-state index contributed by atoms with van der Waals surface area (Å²) in [5, 5.41) is 2.35. The Morgan fingerprint density at radius 3 is 2.61 bits per heavy atom. The zero-order valence-electron chi connectivity index (χ0n) is 17.5. The van der Waals surface area contributed by atoms with E-state index in [1.807, 2.05) is 6.92 Å². The summed E-state index contributed by atoms with van der Waals surface area (Å²) >= 11 is 6.08. The first-order valence-corrected chi connectivity index (χ1v) is 12.3. The van der Waals surface area contributed by atoms with Crippen LogP contribution < -0.4 is 10.2 Å². The van der Waals surface area contributed by atoms with Crippen LogP contribution in [-0.2, 0) is 25.8 Å². The van der Waals surface area contributed by atoms with Crippen LogP contribution in [0.5, 0.6) is 0 Å². The fourth-order valence-corrected chi connectivity index (χ4v) is 5.40. The van der Waals surface area contributed by atoms with Crippen molar-refractivity contribution in [3.8, 4) is 0 Å². The van der Waals surface area contributed by atoms with Crippen LogP contribution in [0.1, 0.15) is 37.3 Å². The van der Waals surface area contributed by atoms with E-state index in [2.05, 4.69) is 5.32 Å². The van der Waals surface area contributed by atoms with E-state index in [-0.39, 0.29) is 23.1 Å². The molecular formula is C23H25ClN2O4S. The minimum Gasteiger partial charge on any atom is -0.326 e. The van der Waals surface area contributed by atoms with Gasteiger partial charge in [-0.3, -0.25) is 9.59 Å². The molecule has 2 aromatic carbocycles. The molecule has 1 saturated carbocycles. The van der Waals surface area contributed by atoms with Crippen molar-refractivity contribution in [3.05, 3.63) is 52.5 Å². The highest BCUT2D eigenvalue weighted by atomic mass is 35.5. The maximum atomic E-state index is 13.1. The van der Waals surface area contributed by atoms with E-state index in [1.54, 1.807) is 41.3 Å². The molecule has 2 amide bonds. The Balaban J connectivity index is 1.45. The number of rotatable bonds is 6. The average Bonchev–Trinajstić information content (AvgIpc) is 3.49. The number of nitrogens with zero attached hydrogens (tertiary/aromatic N) is 1. The quantitative estimate of drug-likeness (QED) is 0.702. The molecule has 0 radical (unpaired) electrons. The van der Waals surface area contributed by atoms with Gasteiger partial charge in [-0.2, -0.15) is 0 Å². The summed E-state index contributed by atoms with van der Waals surface area (Å²) in [6.07, 6.45) is 2.34. The molecule has 0 bridgehead atoms. The molecule has 2 aromatic rings. The van der Waals surface area contributed by atoms with E-state index in [4.69, 9.17) is 11.6 Å². The lowest BCUT2D eigenvalue weighted by Crippen LogP contribution is -2.30. The summed E-state index contributed by atoms with van der Waals surface area (Å²) in [5.41, 5.74) is 3.09. The third-order valence-electron chi connectivity index (χ3n) is 5.93. The molecule has 0 spiro atoms. The molecule has 4 rings (SSSR count). The number of sulfone groups is 1. The van der Waals surface area contributed by atoms with Crippen molar-refractivity contribution >= 4 is 44.6 Å². The van der Waals surface area contributed by atoms with Gasteiger partial charge >= 0.3 is 0 Å². The van der Waals surface area contributed by atoms with E-state index < -0.39 is 21.0 Å². The van der Waals surface area contributed by atoms with Crippen molar-refractivity contribution in [1.29, 1.82) is 0 Å². The van der Waals surface area contributed by atoms with Gasteiger partial charge in [0, 0.05) is 35.3 Å². The predicted molar refractivity (Wildman–Crippen MR) is 121 cm³/mol. The molecule has 164 valence electrons. The number of hydrogen-bond acceptors (Lipinski definition) is 4. The molecule has 1 heterocycles. The van der Waals surface area contributed by atoms with Crippen LogP contribution in [0.15, 0.2) is 41.3 Å². The number of anilines is 2. The number of fused-ring (bicyclic) bond motifs is 1. The Bertz CT molecular complexity index is 1160. The summed E-state index contributed by atoms with van der Waals surface area (Å²) in [7, 11) is -3.69. The monoisotopic (exact) mass is 460 g/mol. The third-order valence-corrected chi connectivity index (χ3v) is 8.47. The molecule has 2 aliphatic rings. The predicted octanol–water partition coefficient (Wildman–Crippen LogP) is 4.14. The zero-order chi connectivity index (χ0) is 22.3. The van der Waals surface area contributed by atoms with E-state index >= 15 is 0 Å². The standard InChI is InChI=1S/C23H25ClN2O4S/c1-14-3-6-18(13-20(14)24)25-22(27)11-15(2)31(29,30)19-7-8-21-17(12-19)9-10-26(21)23(28)16-4-5-16/h3,6-8,12-13,15-16H,4-5,9-11H2,1-2H3,(H,25,27)/t15-/m0/s1. The number of carbonyl (C=O) groups excluding carboxylic acids is 2. The fraction of sp³-hybridized carbons (Fsp3) is 0.391. The van der Waals surface area contributed by atoms with Gasteiger partial charge in [-0.05, 0) is 74.6 Å². The molecule has 1 aliphatic heterocycles. The Labute approximate surface area is 187 Å².